The summed E-state index contributed by atoms with van der Waals surface area (Å²) >= 11 is 0. The molecule has 1 amide bonds. The van der Waals surface area contributed by atoms with Crippen molar-refractivity contribution >= 4 is 11.9 Å². The van der Waals surface area contributed by atoms with Crippen LogP contribution in [-0.2, 0) is 14.3 Å². The molecule has 0 aromatic rings. The van der Waals surface area contributed by atoms with Gasteiger partial charge in [-0.15, -0.1) is 0 Å². The van der Waals surface area contributed by atoms with E-state index in [1.165, 1.54) is 38.5 Å². The van der Waals surface area contributed by atoms with Crippen molar-refractivity contribution in [2.24, 2.45) is 35.5 Å². The Morgan fingerprint density at radius 2 is 1.86 bits per heavy atom. The number of amides is 1. The number of carbonyl (C=O) groups excluding carboxylic acids is 2. The zero-order valence-corrected chi connectivity index (χ0v) is 12.7. The highest BCUT2D eigenvalue weighted by molar-refractivity contribution is 6.00. The van der Waals surface area contributed by atoms with Crippen molar-refractivity contribution in [2.45, 2.75) is 51.5 Å². The molecule has 0 aromatic carbocycles. The molecule has 7 unspecified atom stereocenters. The van der Waals surface area contributed by atoms with Crippen LogP contribution in [0.4, 0.5) is 0 Å². The summed E-state index contributed by atoms with van der Waals surface area (Å²) in [5.74, 6) is 2.07. The minimum absolute atomic E-state index is 0.0744. The van der Waals surface area contributed by atoms with E-state index in [0.29, 0.717) is 18.4 Å². The quantitative estimate of drug-likeness (QED) is 0.626. The van der Waals surface area contributed by atoms with Gasteiger partial charge in [0, 0.05) is 12.0 Å². The highest BCUT2D eigenvalue weighted by atomic mass is 16.5. The number of carbonyl (C=O) groups is 2. The van der Waals surface area contributed by atoms with E-state index in [4.69, 9.17) is 4.74 Å². The van der Waals surface area contributed by atoms with Gasteiger partial charge in [-0.2, -0.15) is 0 Å². The monoisotopic (exact) mass is 291 g/mol. The Hall–Kier alpha value is -1.06. The van der Waals surface area contributed by atoms with Crippen LogP contribution in [-0.4, -0.2) is 24.5 Å². The molecule has 0 spiro atoms. The Labute approximate surface area is 126 Å². The normalized spacial score (nSPS) is 47.5. The molecule has 4 heteroatoms. The van der Waals surface area contributed by atoms with E-state index in [1.807, 2.05) is 6.92 Å². The average Bonchev–Trinajstić information content (AvgIpc) is 2.97. The summed E-state index contributed by atoms with van der Waals surface area (Å²) < 4.78 is 5.20. The van der Waals surface area contributed by atoms with Crippen LogP contribution in [0.3, 0.4) is 0 Å². The summed E-state index contributed by atoms with van der Waals surface area (Å²) in [6.07, 6.45) is 7.70. The third-order valence-electron chi connectivity index (χ3n) is 6.65. The standard InChI is InChI=1S/C17H25NO3/c1-2-21-17(20)14-13-10-7-3-5-9-6-4-8-11(12(9)10)15(13)18-16(14)19/h9-15H,2-8H2,1H3,(H,18,19). The third kappa shape index (κ3) is 1.87. The first-order chi connectivity index (χ1) is 10.2. The molecule has 0 bridgehead atoms. The molecule has 3 saturated carbocycles. The Bertz CT molecular complexity index is 461. The van der Waals surface area contributed by atoms with E-state index in [2.05, 4.69) is 5.32 Å². The van der Waals surface area contributed by atoms with E-state index in [1.54, 1.807) is 0 Å². The molecule has 7 atom stereocenters. The second kappa shape index (κ2) is 4.99. The van der Waals surface area contributed by atoms with Crippen molar-refractivity contribution in [3.63, 3.8) is 0 Å². The lowest BCUT2D eigenvalue weighted by molar-refractivity contribution is -0.153. The molecule has 0 aromatic heterocycles. The Balaban J connectivity index is 1.66. The van der Waals surface area contributed by atoms with Crippen molar-refractivity contribution in [1.82, 2.24) is 5.32 Å². The van der Waals surface area contributed by atoms with Gasteiger partial charge in [-0.05, 0) is 43.4 Å². The molecule has 116 valence electrons. The molecule has 1 N–H and O–H groups in total. The van der Waals surface area contributed by atoms with Crippen molar-refractivity contribution < 1.29 is 14.3 Å². The first kappa shape index (κ1) is 13.6. The fourth-order valence-corrected chi connectivity index (χ4v) is 6.16. The number of hydrogen-bond acceptors (Lipinski definition) is 3. The van der Waals surface area contributed by atoms with Crippen LogP contribution in [0, 0.1) is 35.5 Å². The maximum atomic E-state index is 12.3. The number of ether oxygens (including phenoxy) is 1. The molecule has 3 aliphatic carbocycles. The third-order valence-corrected chi connectivity index (χ3v) is 6.65. The average molecular weight is 291 g/mol. The molecule has 1 heterocycles. The minimum atomic E-state index is -0.538. The molecular formula is C17H25NO3. The van der Waals surface area contributed by atoms with Gasteiger partial charge in [0.2, 0.25) is 5.91 Å². The van der Waals surface area contributed by atoms with Crippen LogP contribution >= 0.6 is 0 Å². The van der Waals surface area contributed by atoms with E-state index in [-0.39, 0.29) is 23.8 Å². The number of nitrogens with one attached hydrogen (secondary N) is 1. The summed E-state index contributed by atoms with van der Waals surface area (Å²) in [5, 5.41) is 3.18. The van der Waals surface area contributed by atoms with Gasteiger partial charge in [0.1, 0.15) is 5.92 Å². The molecule has 1 saturated heterocycles. The lowest BCUT2D eigenvalue weighted by Crippen LogP contribution is -2.40. The first-order valence-electron chi connectivity index (χ1n) is 8.69. The fourth-order valence-electron chi connectivity index (χ4n) is 6.16. The van der Waals surface area contributed by atoms with E-state index in [9.17, 15) is 9.59 Å². The molecular weight excluding hydrogens is 266 g/mol. The van der Waals surface area contributed by atoms with E-state index < -0.39 is 5.92 Å². The lowest BCUT2D eigenvalue weighted by atomic mass is 9.63. The van der Waals surface area contributed by atoms with Gasteiger partial charge in [0.05, 0.1) is 6.61 Å². The molecule has 4 nitrogen and oxygen atoms in total. The van der Waals surface area contributed by atoms with Gasteiger partial charge in [0.15, 0.2) is 0 Å². The van der Waals surface area contributed by atoms with Crippen LogP contribution in [0.25, 0.3) is 0 Å². The Morgan fingerprint density at radius 1 is 1.14 bits per heavy atom. The van der Waals surface area contributed by atoms with Gasteiger partial charge in [-0.25, -0.2) is 0 Å². The smallest absolute Gasteiger partial charge is 0.318 e. The number of fused-ring (bicyclic) bond motifs is 3. The molecule has 4 aliphatic rings. The highest BCUT2D eigenvalue weighted by Crippen LogP contribution is 2.60. The largest absolute Gasteiger partial charge is 0.465 e. The minimum Gasteiger partial charge on any atom is -0.465 e. The molecule has 21 heavy (non-hydrogen) atoms. The second-order valence-electron chi connectivity index (χ2n) is 7.37. The van der Waals surface area contributed by atoms with Crippen molar-refractivity contribution in [2.75, 3.05) is 6.61 Å². The predicted octanol–water partition coefficient (Wildman–Crippen LogP) is 2.13. The van der Waals surface area contributed by atoms with Gasteiger partial charge in [-0.3, -0.25) is 9.59 Å². The van der Waals surface area contributed by atoms with E-state index >= 15 is 0 Å². The second-order valence-corrected chi connectivity index (χ2v) is 7.37. The fraction of sp³-hybridized carbons (Fsp3) is 0.882. The number of hydrogen-bond donors (Lipinski definition) is 1. The van der Waals surface area contributed by atoms with Crippen LogP contribution in [0.1, 0.15) is 45.4 Å². The van der Waals surface area contributed by atoms with Gasteiger partial charge < -0.3 is 10.1 Å². The van der Waals surface area contributed by atoms with Crippen molar-refractivity contribution in [3.8, 4) is 0 Å². The van der Waals surface area contributed by atoms with Crippen LogP contribution < -0.4 is 5.32 Å². The van der Waals surface area contributed by atoms with Crippen LogP contribution in [0.5, 0.6) is 0 Å². The Kier molecular flexibility index (Phi) is 3.23. The van der Waals surface area contributed by atoms with Gasteiger partial charge in [-0.1, -0.05) is 25.7 Å². The summed E-state index contributed by atoms with van der Waals surface area (Å²) in [4.78, 5) is 24.6. The Morgan fingerprint density at radius 3 is 2.57 bits per heavy atom. The van der Waals surface area contributed by atoms with Crippen LogP contribution in [0.2, 0.25) is 0 Å². The van der Waals surface area contributed by atoms with Crippen LogP contribution in [0.15, 0.2) is 0 Å². The molecule has 1 aliphatic heterocycles. The maximum Gasteiger partial charge on any atom is 0.318 e. The van der Waals surface area contributed by atoms with Crippen molar-refractivity contribution in [1.29, 1.82) is 0 Å². The van der Waals surface area contributed by atoms with Crippen molar-refractivity contribution in [3.05, 3.63) is 0 Å². The topological polar surface area (TPSA) is 55.4 Å². The molecule has 4 fully saturated rings. The van der Waals surface area contributed by atoms with Gasteiger partial charge >= 0.3 is 5.97 Å². The van der Waals surface area contributed by atoms with E-state index in [0.717, 1.165) is 11.8 Å². The zero-order chi connectivity index (χ0) is 14.6. The first-order valence-corrected chi connectivity index (χ1v) is 8.69. The van der Waals surface area contributed by atoms with Gasteiger partial charge in [0.25, 0.3) is 0 Å². The molecule has 4 rings (SSSR count). The summed E-state index contributed by atoms with van der Waals surface area (Å²) in [6, 6.07) is 0.239. The summed E-state index contributed by atoms with van der Waals surface area (Å²) in [5.41, 5.74) is 0. The summed E-state index contributed by atoms with van der Waals surface area (Å²) in [7, 11) is 0. The SMILES string of the molecule is CCOC(=O)C1C(=O)NC2C3CCCC4CCCC(C43)C12. The zero-order valence-electron chi connectivity index (χ0n) is 12.7. The maximum absolute atomic E-state index is 12.3. The number of rotatable bonds is 2. The lowest BCUT2D eigenvalue weighted by Gasteiger charge is -2.42. The number of esters is 1. The molecule has 0 radical (unpaired) electrons. The summed E-state index contributed by atoms with van der Waals surface area (Å²) in [6.45, 7) is 2.17. The predicted molar refractivity (Wildman–Crippen MR) is 77.2 cm³/mol. The highest BCUT2D eigenvalue weighted by Gasteiger charge is 2.63.